The molecule has 1 amide bonds. The molecule has 1 aliphatic rings. The standard InChI is InChI=1S/C20H23NO3S/c1-25(23,24)15-16-7-9-19(10-8-16)20(22)21-13-11-18(12-14-21)17-5-3-2-4-6-17/h2-10,18H,11-15H2,1H3. The van der Waals surface area contributed by atoms with E-state index in [0.717, 1.165) is 25.9 Å². The van der Waals surface area contributed by atoms with E-state index in [2.05, 4.69) is 24.3 Å². The molecular weight excluding hydrogens is 334 g/mol. The molecule has 0 bridgehead atoms. The van der Waals surface area contributed by atoms with Crippen LogP contribution in [0.5, 0.6) is 0 Å². The fraction of sp³-hybridized carbons (Fsp3) is 0.350. The van der Waals surface area contributed by atoms with Gasteiger partial charge in [-0.25, -0.2) is 8.42 Å². The number of hydrogen-bond donors (Lipinski definition) is 0. The lowest BCUT2D eigenvalue weighted by Crippen LogP contribution is -2.37. The van der Waals surface area contributed by atoms with E-state index >= 15 is 0 Å². The number of sulfone groups is 1. The Kier molecular flexibility index (Phi) is 5.23. The SMILES string of the molecule is CS(=O)(=O)Cc1ccc(C(=O)N2CCC(c3ccccc3)CC2)cc1. The van der Waals surface area contributed by atoms with Crippen molar-refractivity contribution in [2.75, 3.05) is 19.3 Å². The van der Waals surface area contributed by atoms with E-state index in [0.29, 0.717) is 17.0 Å². The largest absolute Gasteiger partial charge is 0.339 e. The van der Waals surface area contributed by atoms with Gasteiger partial charge in [0.15, 0.2) is 9.84 Å². The van der Waals surface area contributed by atoms with Crippen LogP contribution >= 0.6 is 0 Å². The van der Waals surface area contributed by atoms with Gasteiger partial charge in [0.1, 0.15) is 0 Å². The molecule has 0 aromatic heterocycles. The predicted molar refractivity (Wildman–Crippen MR) is 99.3 cm³/mol. The van der Waals surface area contributed by atoms with E-state index in [4.69, 9.17) is 0 Å². The van der Waals surface area contributed by atoms with E-state index in [9.17, 15) is 13.2 Å². The second kappa shape index (κ2) is 7.40. The normalized spacial score (nSPS) is 16.0. The van der Waals surface area contributed by atoms with Gasteiger partial charge < -0.3 is 4.90 Å². The van der Waals surface area contributed by atoms with Crippen molar-refractivity contribution in [1.29, 1.82) is 0 Å². The van der Waals surface area contributed by atoms with E-state index in [1.165, 1.54) is 11.8 Å². The smallest absolute Gasteiger partial charge is 0.253 e. The third-order valence-electron chi connectivity index (χ3n) is 4.68. The Bertz CT molecular complexity index is 821. The highest BCUT2D eigenvalue weighted by Gasteiger charge is 2.24. The monoisotopic (exact) mass is 357 g/mol. The van der Waals surface area contributed by atoms with Gasteiger partial charge in [-0.2, -0.15) is 0 Å². The number of piperidine rings is 1. The zero-order chi connectivity index (χ0) is 17.9. The maximum atomic E-state index is 12.6. The summed E-state index contributed by atoms with van der Waals surface area (Å²) in [4.78, 5) is 14.5. The molecule has 1 aliphatic heterocycles. The van der Waals surface area contributed by atoms with Crippen LogP contribution in [0.25, 0.3) is 0 Å². The van der Waals surface area contributed by atoms with Gasteiger partial charge in [-0.15, -0.1) is 0 Å². The number of hydrogen-bond acceptors (Lipinski definition) is 3. The third kappa shape index (κ3) is 4.69. The molecule has 25 heavy (non-hydrogen) atoms. The molecular formula is C20H23NO3S. The van der Waals surface area contributed by atoms with Crippen molar-refractivity contribution in [3.8, 4) is 0 Å². The van der Waals surface area contributed by atoms with Crippen LogP contribution in [0.2, 0.25) is 0 Å². The van der Waals surface area contributed by atoms with Crippen LogP contribution in [-0.2, 0) is 15.6 Å². The van der Waals surface area contributed by atoms with Crippen LogP contribution in [0.15, 0.2) is 54.6 Å². The molecule has 0 unspecified atom stereocenters. The summed E-state index contributed by atoms with van der Waals surface area (Å²) < 4.78 is 22.7. The Morgan fingerprint density at radius 2 is 1.60 bits per heavy atom. The first-order chi connectivity index (χ1) is 11.9. The highest BCUT2D eigenvalue weighted by molar-refractivity contribution is 7.89. The lowest BCUT2D eigenvalue weighted by atomic mass is 9.89. The molecule has 2 aromatic carbocycles. The summed E-state index contributed by atoms with van der Waals surface area (Å²) in [5.41, 5.74) is 2.68. The van der Waals surface area contributed by atoms with Crippen molar-refractivity contribution in [2.45, 2.75) is 24.5 Å². The summed E-state index contributed by atoms with van der Waals surface area (Å²) in [6.45, 7) is 1.51. The highest BCUT2D eigenvalue weighted by atomic mass is 32.2. The molecule has 5 heteroatoms. The molecule has 1 saturated heterocycles. The van der Waals surface area contributed by atoms with Crippen LogP contribution in [0.4, 0.5) is 0 Å². The number of rotatable bonds is 4. The molecule has 0 radical (unpaired) electrons. The van der Waals surface area contributed by atoms with Crippen molar-refractivity contribution < 1.29 is 13.2 Å². The van der Waals surface area contributed by atoms with Crippen LogP contribution in [0.1, 0.15) is 40.2 Å². The van der Waals surface area contributed by atoms with Crippen LogP contribution in [0.3, 0.4) is 0 Å². The number of carbonyl (C=O) groups is 1. The minimum absolute atomic E-state index is 0.00391. The van der Waals surface area contributed by atoms with Crippen molar-refractivity contribution in [3.05, 3.63) is 71.3 Å². The third-order valence-corrected chi connectivity index (χ3v) is 5.54. The van der Waals surface area contributed by atoms with Crippen LogP contribution in [-0.4, -0.2) is 38.6 Å². The predicted octanol–water partition coefficient (Wildman–Crippen LogP) is 3.25. The van der Waals surface area contributed by atoms with Gasteiger partial charge >= 0.3 is 0 Å². The molecule has 2 aromatic rings. The van der Waals surface area contributed by atoms with Gasteiger partial charge in [0, 0.05) is 24.9 Å². The summed E-state index contributed by atoms with van der Waals surface area (Å²) in [7, 11) is -3.06. The first-order valence-corrected chi connectivity index (χ1v) is 10.6. The molecule has 0 aliphatic carbocycles. The Morgan fingerprint density at radius 1 is 1.00 bits per heavy atom. The van der Waals surface area contributed by atoms with Crippen molar-refractivity contribution in [2.24, 2.45) is 0 Å². The quantitative estimate of drug-likeness (QED) is 0.844. The molecule has 0 N–H and O–H groups in total. The number of carbonyl (C=O) groups excluding carboxylic acids is 1. The second-order valence-electron chi connectivity index (χ2n) is 6.74. The molecule has 0 spiro atoms. The average Bonchev–Trinajstić information content (AvgIpc) is 2.61. The van der Waals surface area contributed by atoms with Crippen molar-refractivity contribution >= 4 is 15.7 Å². The van der Waals surface area contributed by atoms with Gasteiger partial charge in [0.25, 0.3) is 5.91 Å². The molecule has 3 rings (SSSR count). The second-order valence-corrected chi connectivity index (χ2v) is 8.88. The average molecular weight is 357 g/mol. The maximum Gasteiger partial charge on any atom is 0.253 e. The molecule has 0 atom stereocenters. The Balaban J connectivity index is 1.61. The summed E-state index contributed by atoms with van der Waals surface area (Å²) in [5, 5.41) is 0. The summed E-state index contributed by atoms with van der Waals surface area (Å²) in [6, 6.07) is 17.4. The first kappa shape index (κ1) is 17.7. The fourth-order valence-electron chi connectivity index (χ4n) is 3.37. The Labute approximate surface area is 149 Å². The van der Waals surface area contributed by atoms with Gasteiger partial charge in [-0.3, -0.25) is 4.79 Å². The van der Waals surface area contributed by atoms with Crippen molar-refractivity contribution in [1.82, 2.24) is 4.90 Å². The number of nitrogens with zero attached hydrogens (tertiary/aromatic N) is 1. The van der Waals surface area contributed by atoms with Crippen LogP contribution in [0, 0.1) is 0 Å². The van der Waals surface area contributed by atoms with E-state index < -0.39 is 9.84 Å². The van der Waals surface area contributed by atoms with Gasteiger partial charge in [-0.1, -0.05) is 42.5 Å². The number of benzene rings is 2. The zero-order valence-electron chi connectivity index (χ0n) is 14.4. The topological polar surface area (TPSA) is 54.5 Å². The minimum atomic E-state index is -3.06. The summed E-state index contributed by atoms with van der Waals surface area (Å²) in [5.74, 6) is 0.545. The van der Waals surface area contributed by atoms with Gasteiger partial charge in [0.2, 0.25) is 0 Å². The molecule has 1 fully saturated rings. The fourth-order valence-corrected chi connectivity index (χ4v) is 4.17. The van der Waals surface area contributed by atoms with E-state index in [1.54, 1.807) is 24.3 Å². The van der Waals surface area contributed by atoms with Crippen LogP contribution < -0.4 is 0 Å². The minimum Gasteiger partial charge on any atom is -0.339 e. The summed E-state index contributed by atoms with van der Waals surface area (Å²) in [6.07, 6.45) is 3.16. The van der Waals surface area contributed by atoms with E-state index in [1.807, 2.05) is 11.0 Å². The Hall–Kier alpha value is -2.14. The van der Waals surface area contributed by atoms with Gasteiger partial charge in [-0.05, 0) is 42.0 Å². The highest BCUT2D eigenvalue weighted by Crippen LogP contribution is 2.28. The maximum absolute atomic E-state index is 12.6. The lowest BCUT2D eigenvalue weighted by molar-refractivity contribution is 0.0713. The molecule has 132 valence electrons. The number of likely N-dealkylation sites (tertiary alicyclic amines) is 1. The van der Waals surface area contributed by atoms with Crippen molar-refractivity contribution in [3.63, 3.8) is 0 Å². The molecule has 4 nitrogen and oxygen atoms in total. The molecule has 1 heterocycles. The van der Waals surface area contributed by atoms with Gasteiger partial charge in [0.05, 0.1) is 5.75 Å². The van der Waals surface area contributed by atoms with E-state index in [-0.39, 0.29) is 11.7 Å². The number of amides is 1. The summed E-state index contributed by atoms with van der Waals surface area (Å²) >= 11 is 0. The lowest BCUT2D eigenvalue weighted by Gasteiger charge is -2.32. The Morgan fingerprint density at radius 3 is 2.16 bits per heavy atom. The first-order valence-electron chi connectivity index (χ1n) is 8.53. The molecule has 0 saturated carbocycles. The zero-order valence-corrected chi connectivity index (χ0v) is 15.2.